The maximum atomic E-state index is 11.9. The van der Waals surface area contributed by atoms with Crippen LogP contribution in [0.3, 0.4) is 0 Å². The molecule has 0 aliphatic carbocycles. The zero-order chi connectivity index (χ0) is 14.4. The van der Waals surface area contributed by atoms with Crippen LogP contribution in [0.25, 0.3) is 0 Å². The molecule has 0 unspecified atom stereocenters. The minimum atomic E-state index is -0.355. The molecule has 0 saturated heterocycles. The molecule has 1 aromatic carbocycles. The molecule has 0 aliphatic rings. The van der Waals surface area contributed by atoms with Crippen molar-refractivity contribution in [3.8, 4) is 0 Å². The van der Waals surface area contributed by atoms with E-state index in [9.17, 15) is 9.59 Å². The Labute approximate surface area is 122 Å². The molecule has 104 valence electrons. The van der Waals surface area contributed by atoms with Crippen molar-refractivity contribution in [1.29, 1.82) is 0 Å². The summed E-state index contributed by atoms with van der Waals surface area (Å²) in [6.07, 6.45) is 1.39. The summed E-state index contributed by atoms with van der Waals surface area (Å²) in [4.78, 5) is 23.6. The van der Waals surface area contributed by atoms with Crippen LogP contribution in [0.5, 0.6) is 0 Å². The number of halogens is 2. The Morgan fingerprint density at radius 3 is 2.42 bits per heavy atom. The molecule has 0 heterocycles. The number of ether oxygens (including phenoxy) is 1. The van der Waals surface area contributed by atoms with Crippen LogP contribution >= 0.6 is 23.2 Å². The van der Waals surface area contributed by atoms with Crippen LogP contribution in [-0.4, -0.2) is 18.4 Å². The Kier molecular flexibility index (Phi) is 6.32. The summed E-state index contributed by atoms with van der Waals surface area (Å²) in [6.45, 7) is 3.51. The SMILES string of the molecule is CCC(CC)C(=O)OCC(=O)c1cc(Cl)ccc1Cl. The molecular weight excluding hydrogens is 287 g/mol. The number of ketones is 1. The zero-order valence-corrected chi connectivity index (χ0v) is 12.4. The van der Waals surface area contributed by atoms with Crippen LogP contribution in [0.1, 0.15) is 37.0 Å². The van der Waals surface area contributed by atoms with Crippen molar-refractivity contribution in [1.82, 2.24) is 0 Å². The fourth-order valence-corrected chi connectivity index (χ4v) is 2.06. The van der Waals surface area contributed by atoms with Gasteiger partial charge in [-0.1, -0.05) is 37.0 Å². The Balaban J connectivity index is 2.65. The number of rotatable bonds is 6. The third kappa shape index (κ3) is 4.51. The predicted molar refractivity (Wildman–Crippen MR) is 75.8 cm³/mol. The lowest BCUT2D eigenvalue weighted by Gasteiger charge is -2.11. The van der Waals surface area contributed by atoms with Gasteiger partial charge in [0.15, 0.2) is 6.61 Å². The van der Waals surface area contributed by atoms with Crippen LogP contribution in [0, 0.1) is 5.92 Å². The predicted octanol–water partition coefficient (Wildman–Crippen LogP) is 4.16. The smallest absolute Gasteiger partial charge is 0.309 e. The average molecular weight is 303 g/mol. The molecule has 1 rings (SSSR count). The summed E-state index contributed by atoms with van der Waals surface area (Å²) in [5.74, 6) is -0.870. The van der Waals surface area contributed by atoms with Crippen LogP contribution < -0.4 is 0 Å². The van der Waals surface area contributed by atoms with E-state index in [4.69, 9.17) is 27.9 Å². The van der Waals surface area contributed by atoms with Crippen molar-refractivity contribution >= 4 is 35.0 Å². The number of hydrogen-bond donors (Lipinski definition) is 0. The monoisotopic (exact) mass is 302 g/mol. The number of benzene rings is 1. The van der Waals surface area contributed by atoms with Gasteiger partial charge in [-0.05, 0) is 31.0 Å². The second kappa shape index (κ2) is 7.51. The summed E-state index contributed by atoms with van der Waals surface area (Å²) < 4.78 is 5.01. The molecule has 0 fully saturated rings. The van der Waals surface area contributed by atoms with Gasteiger partial charge in [-0.15, -0.1) is 0 Å². The minimum absolute atomic E-state index is 0.164. The van der Waals surface area contributed by atoms with Gasteiger partial charge >= 0.3 is 5.97 Å². The third-order valence-electron chi connectivity index (χ3n) is 2.89. The largest absolute Gasteiger partial charge is 0.457 e. The summed E-state index contributed by atoms with van der Waals surface area (Å²) in [7, 11) is 0. The molecular formula is C14H16Cl2O3. The molecule has 0 bridgehead atoms. The van der Waals surface area contributed by atoms with E-state index in [0.717, 1.165) is 0 Å². The maximum absolute atomic E-state index is 11.9. The second-order valence-corrected chi connectivity index (χ2v) is 5.01. The van der Waals surface area contributed by atoms with E-state index in [0.29, 0.717) is 22.9 Å². The summed E-state index contributed by atoms with van der Waals surface area (Å²) >= 11 is 11.7. The van der Waals surface area contributed by atoms with Gasteiger partial charge in [0.05, 0.1) is 10.9 Å². The normalized spacial score (nSPS) is 10.6. The van der Waals surface area contributed by atoms with E-state index in [1.54, 1.807) is 12.1 Å². The topological polar surface area (TPSA) is 43.4 Å². The van der Waals surface area contributed by atoms with Crippen LogP contribution in [-0.2, 0) is 9.53 Å². The summed E-state index contributed by atoms with van der Waals surface area (Å²) in [6, 6.07) is 4.61. The van der Waals surface area contributed by atoms with Gasteiger partial charge in [0.2, 0.25) is 5.78 Å². The summed E-state index contributed by atoms with van der Waals surface area (Å²) in [5.41, 5.74) is 0.270. The Bertz CT molecular complexity index is 468. The van der Waals surface area contributed by atoms with Crippen molar-refractivity contribution in [2.75, 3.05) is 6.61 Å². The van der Waals surface area contributed by atoms with Gasteiger partial charge in [-0.3, -0.25) is 9.59 Å². The highest BCUT2D eigenvalue weighted by Gasteiger charge is 2.18. The minimum Gasteiger partial charge on any atom is -0.457 e. The highest BCUT2D eigenvalue weighted by atomic mass is 35.5. The van der Waals surface area contributed by atoms with E-state index < -0.39 is 0 Å². The van der Waals surface area contributed by atoms with E-state index >= 15 is 0 Å². The highest BCUT2D eigenvalue weighted by Crippen LogP contribution is 2.21. The van der Waals surface area contributed by atoms with E-state index in [-0.39, 0.29) is 29.8 Å². The average Bonchev–Trinajstić information content (AvgIpc) is 2.40. The van der Waals surface area contributed by atoms with E-state index in [2.05, 4.69) is 0 Å². The van der Waals surface area contributed by atoms with Crippen LogP contribution in [0.4, 0.5) is 0 Å². The number of carbonyl (C=O) groups excluding carboxylic acids is 2. The van der Waals surface area contributed by atoms with Gasteiger partial charge in [0.25, 0.3) is 0 Å². The van der Waals surface area contributed by atoms with Crippen molar-refractivity contribution in [2.45, 2.75) is 26.7 Å². The maximum Gasteiger partial charge on any atom is 0.309 e. The fraction of sp³-hybridized carbons (Fsp3) is 0.429. The second-order valence-electron chi connectivity index (χ2n) is 4.17. The number of carbonyl (C=O) groups is 2. The van der Waals surface area contributed by atoms with Crippen molar-refractivity contribution < 1.29 is 14.3 Å². The Hall–Kier alpha value is -1.06. The Morgan fingerprint density at radius 1 is 1.21 bits per heavy atom. The first-order valence-electron chi connectivity index (χ1n) is 6.14. The van der Waals surface area contributed by atoms with Gasteiger partial charge in [0.1, 0.15) is 0 Å². The lowest BCUT2D eigenvalue weighted by atomic mass is 10.0. The molecule has 3 nitrogen and oxygen atoms in total. The first-order valence-corrected chi connectivity index (χ1v) is 6.90. The highest BCUT2D eigenvalue weighted by molar-refractivity contribution is 6.36. The lowest BCUT2D eigenvalue weighted by Crippen LogP contribution is -2.20. The third-order valence-corrected chi connectivity index (χ3v) is 3.46. The van der Waals surface area contributed by atoms with Crippen molar-refractivity contribution in [3.63, 3.8) is 0 Å². The first-order chi connectivity index (χ1) is 8.99. The molecule has 0 radical (unpaired) electrons. The first kappa shape index (κ1) is 16.0. The molecule has 0 spiro atoms. The number of esters is 1. The van der Waals surface area contributed by atoms with E-state index in [1.807, 2.05) is 13.8 Å². The van der Waals surface area contributed by atoms with Crippen LogP contribution in [0.2, 0.25) is 10.0 Å². The molecule has 0 aliphatic heterocycles. The molecule has 0 N–H and O–H groups in total. The standard InChI is InChI=1S/C14H16Cl2O3/c1-3-9(4-2)14(18)19-8-13(17)11-7-10(15)5-6-12(11)16/h5-7,9H,3-4,8H2,1-2H3. The number of hydrogen-bond acceptors (Lipinski definition) is 3. The van der Waals surface area contributed by atoms with Crippen molar-refractivity contribution in [2.24, 2.45) is 5.92 Å². The Morgan fingerprint density at radius 2 is 1.84 bits per heavy atom. The summed E-state index contributed by atoms with van der Waals surface area (Å²) in [5, 5.41) is 0.715. The van der Waals surface area contributed by atoms with E-state index in [1.165, 1.54) is 6.07 Å². The molecule has 0 aromatic heterocycles. The number of Topliss-reactive ketones (excluding diaryl/α,β-unsaturated/α-hetero) is 1. The fourth-order valence-electron chi connectivity index (χ4n) is 1.67. The molecule has 0 saturated carbocycles. The molecule has 5 heteroatoms. The molecule has 1 aromatic rings. The lowest BCUT2D eigenvalue weighted by molar-refractivity contribution is -0.147. The van der Waals surface area contributed by atoms with Gasteiger partial charge in [0, 0.05) is 10.6 Å². The zero-order valence-electron chi connectivity index (χ0n) is 10.9. The quantitative estimate of drug-likeness (QED) is 0.585. The van der Waals surface area contributed by atoms with Gasteiger partial charge < -0.3 is 4.74 Å². The molecule has 0 amide bonds. The van der Waals surface area contributed by atoms with Crippen molar-refractivity contribution in [3.05, 3.63) is 33.8 Å². The van der Waals surface area contributed by atoms with Gasteiger partial charge in [-0.2, -0.15) is 0 Å². The van der Waals surface area contributed by atoms with Gasteiger partial charge in [-0.25, -0.2) is 0 Å². The molecule has 19 heavy (non-hydrogen) atoms. The molecule has 0 atom stereocenters. The van der Waals surface area contributed by atoms with Crippen LogP contribution in [0.15, 0.2) is 18.2 Å².